The molecule has 0 spiro atoms. The van der Waals surface area contributed by atoms with Crippen LogP contribution in [0, 0.1) is 10.1 Å². The van der Waals surface area contributed by atoms with Gasteiger partial charge in [0.1, 0.15) is 5.82 Å². The van der Waals surface area contributed by atoms with Gasteiger partial charge in [0, 0.05) is 29.3 Å². The molecule has 0 aliphatic rings. The summed E-state index contributed by atoms with van der Waals surface area (Å²) in [7, 11) is 0. The SMILES string of the molecule is O=[N+]([O-])c1ccc(CCNc2ncc(Br)cc2Cl)cc1. The van der Waals surface area contributed by atoms with Gasteiger partial charge in [0.2, 0.25) is 0 Å². The Morgan fingerprint density at radius 3 is 2.65 bits per heavy atom. The van der Waals surface area contributed by atoms with Gasteiger partial charge in [-0.05, 0) is 34.0 Å². The normalized spacial score (nSPS) is 10.3. The molecule has 1 aromatic carbocycles. The van der Waals surface area contributed by atoms with Gasteiger partial charge in [-0.3, -0.25) is 10.1 Å². The molecule has 0 fully saturated rings. The van der Waals surface area contributed by atoms with E-state index in [4.69, 9.17) is 11.6 Å². The van der Waals surface area contributed by atoms with Crippen LogP contribution in [0.2, 0.25) is 5.02 Å². The first-order valence-electron chi connectivity index (χ1n) is 5.84. The van der Waals surface area contributed by atoms with Crippen LogP contribution in [0.1, 0.15) is 5.56 Å². The summed E-state index contributed by atoms with van der Waals surface area (Å²) in [5, 5.41) is 14.2. The van der Waals surface area contributed by atoms with E-state index in [1.165, 1.54) is 12.1 Å². The van der Waals surface area contributed by atoms with E-state index < -0.39 is 4.92 Å². The maximum Gasteiger partial charge on any atom is 0.269 e. The first kappa shape index (κ1) is 14.7. The van der Waals surface area contributed by atoms with E-state index in [0.29, 0.717) is 17.4 Å². The van der Waals surface area contributed by atoms with Gasteiger partial charge in [-0.2, -0.15) is 0 Å². The Morgan fingerprint density at radius 1 is 1.35 bits per heavy atom. The van der Waals surface area contributed by atoms with Crippen LogP contribution in [0.4, 0.5) is 11.5 Å². The van der Waals surface area contributed by atoms with Crippen molar-refractivity contribution in [1.29, 1.82) is 0 Å². The molecule has 20 heavy (non-hydrogen) atoms. The van der Waals surface area contributed by atoms with Crippen LogP contribution >= 0.6 is 27.5 Å². The summed E-state index contributed by atoms with van der Waals surface area (Å²) in [5.74, 6) is 0.622. The fourth-order valence-electron chi connectivity index (χ4n) is 1.65. The van der Waals surface area contributed by atoms with E-state index in [1.807, 2.05) is 0 Å². The third-order valence-corrected chi connectivity index (χ3v) is 3.38. The van der Waals surface area contributed by atoms with Gasteiger partial charge in [0.15, 0.2) is 0 Å². The molecule has 2 rings (SSSR count). The number of nitrogens with zero attached hydrogens (tertiary/aromatic N) is 2. The van der Waals surface area contributed by atoms with Gasteiger partial charge >= 0.3 is 0 Å². The van der Waals surface area contributed by atoms with Crippen molar-refractivity contribution in [1.82, 2.24) is 4.98 Å². The topological polar surface area (TPSA) is 68.1 Å². The minimum atomic E-state index is -0.409. The summed E-state index contributed by atoms with van der Waals surface area (Å²) in [5.41, 5.74) is 1.11. The summed E-state index contributed by atoms with van der Waals surface area (Å²) < 4.78 is 0.823. The maximum absolute atomic E-state index is 10.5. The minimum Gasteiger partial charge on any atom is -0.369 e. The third-order valence-electron chi connectivity index (χ3n) is 2.66. The third kappa shape index (κ3) is 3.91. The summed E-state index contributed by atoms with van der Waals surface area (Å²) in [4.78, 5) is 14.3. The summed E-state index contributed by atoms with van der Waals surface area (Å²) >= 11 is 9.33. The summed E-state index contributed by atoms with van der Waals surface area (Å²) in [6.45, 7) is 0.645. The molecule has 0 unspecified atom stereocenters. The number of nitro benzene ring substituents is 1. The zero-order chi connectivity index (χ0) is 14.5. The number of non-ortho nitro benzene ring substituents is 1. The van der Waals surface area contributed by atoms with E-state index in [1.54, 1.807) is 24.4 Å². The zero-order valence-electron chi connectivity index (χ0n) is 10.3. The van der Waals surface area contributed by atoms with Crippen LogP contribution < -0.4 is 5.32 Å². The van der Waals surface area contributed by atoms with Crippen molar-refractivity contribution < 1.29 is 4.92 Å². The highest BCUT2D eigenvalue weighted by molar-refractivity contribution is 9.10. The van der Waals surface area contributed by atoms with Crippen LogP contribution in [0.15, 0.2) is 41.0 Å². The van der Waals surface area contributed by atoms with Gasteiger partial charge in [0.25, 0.3) is 5.69 Å². The average Bonchev–Trinajstić information content (AvgIpc) is 2.42. The van der Waals surface area contributed by atoms with Crippen LogP contribution in [0.25, 0.3) is 0 Å². The molecular weight excluding hydrogens is 346 g/mol. The van der Waals surface area contributed by atoms with Crippen molar-refractivity contribution in [3.05, 3.63) is 61.7 Å². The van der Waals surface area contributed by atoms with Crippen LogP contribution in [-0.2, 0) is 6.42 Å². The lowest BCUT2D eigenvalue weighted by Gasteiger charge is -2.07. The van der Waals surface area contributed by atoms with Crippen LogP contribution in [0.5, 0.6) is 0 Å². The Hall–Kier alpha value is -1.66. The number of nitrogens with one attached hydrogen (secondary N) is 1. The van der Waals surface area contributed by atoms with E-state index >= 15 is 0 Å². The molecular formula is C13H11BrClN3O2. The number of aromatic nitrogens is 1. The highest BCUT2D eigenvalue weighted by Gasteiger charge is 2.05. The number of halogens is 2. The van der Waals surface area contributed by atoms with Gasteiger partial charge in [-0.25, -0.2) is 4.98 Å². The largest absolute Gasteiger partial charge is 0.369 e. The van der Waals surface area contributed by atoms with Crippen molar-refractivity contribution in [2.24, 2.45) is 0 Å². The highest BCUT2D eigenvalue weighted by atomic mass is 79.9. The van der Waals surface area contributed by atoms with E-state index in [0.717, 1.165) is 16.5 Å². The maximum atomic E-state index is 10.5. The predicted molar refractivity (Wildman–Crippen MR) is 82.2 cm³/mol. The molecule has 0 aliphatic heterocycles. The van der Waals surface area contributed by atoms with E-state index in [9.17, 15) is 10.1 Å². The molecule has 5 nitrogen and oxygen atoms in total. The number of hydrogen-bond acceptors (Lipinski definition) is 4. The molecule has 1 heterocycles. The Balaban J connectivity index is 1.91. The first-order valence-corrected chi connectivity index (χ1v) is 7.01. The molecule has 0 bridgehead atoms. The van der Waals surface area contributed by atoms with Crippen LogP contribution in [0.3, 0.4) is 0 Å². The van der Waals surface area contributed by atoms with Crippen molar-refractivity contribution >= 4 is 39.0 Å². The second-order valence-corrected chi connectivity index (χ2v) is 5.41. The number of pyridine rings is 1. The molecule has 0 saturated carbocycles. The van der Waals surface area contributed by atoms with E-state index in [2.05, 4.69) is 26.2 Å². The molecule has 0 atom stereocenters. The van der Waals surface area contributed by atoms with Crippen molar-refractivity contribution in [3.8, 4) is 0 Å². The highest BCUT2D eigenvalue weighted by Crippen LogP contribution is 2.22. The number of benzene rings is 1. The molecule has 0 aliphatic carbocycles. The predicted octanol–water partition coefficient (Wildman–Crippen LogP) is 4.06. The first-order chi connectivity index (χ1) is 9.56. The average molecular weight is 357 g/mol. The molecule has 7 heteroatoms. The second kappa shape index (κ2) is 6.67. The van der Waals surface area contributed by atoms with Gasteiger partial charge in [0.05, 0.1) is 9.95 Å². The number of nitro groups is 1. The molecule has 1 N–H and O–H groups in total. The number of rotatable bonds is 5. The van der Waals surface area contributed by atoms with E-state index in [-0.39, 0.29) is 5.69 Å². The standard InChI is InChI=1S/C13H11BrClN3O2/c14-10-7-12(15)13(17-8-10)16-6-5-9-1-3-11(4-2-9)18(19)20/h1-4,7-8H,5-6H2,(H,16,17). The molecule has 1 aromatic heterocycles. The Labute approximate surface area is 129 Å². The van der Waals surface area contributed by atoms with Gasteiger partial charge in [-0.1, -0.05) is 23.7 Å². The molecule has 0 amide bonds. The van der Waals surface area contributed by atoms with Crippen molar-refractivity contribution in [3.63, 3.8) is 0 Å². The van der Waals surface area contributed by atoms with Gasteiger partial charge < -0.3 is 5.32 Å². The molecule has 0 saturated heterocycles. The monoisotopic (exact) mass is 355 g/mol. The lowest BCUT2D eigenvalue weighted by molar-refractivity contribution is -0.384. The summed E-state index contributed by atoms with van der Waals surface area (Å²) in [6, 6.07) is 8.26. The molecule has 0 radical (unpaired) electrons. The summed E-state index contributed by atoms with van der Waals surface area (Å²) in [6.07, 6.45) is 2.39. The van der Waals surface area contributed by atoms with Crippen LogP contribution in [-0.4, -0.2) is 16.5 Å². The Kier molecular flexibility index (Phi) is 4.92. The fourth-order valence-corrected chi connectivity index (χ4v) is 2.35. The zero-order valence-corrected chi connectivity index (χ0v) is 12.7. The minimum absolute atomic E-state index is 0.0966. The second-order valence-electron chi connectivity index (χ2n) is 4.08. The Bertz CT molecular complexity index is 620. The molecule has 104 valence electrons. The van der Waals surface area contributed by atoms with Crippen molar-refractivity contribution in [2.75, 3.05) is 11.9 Å². The lowest BCUT2D eigenvalue weighted by atomic mass is 10.1. The Morgan fingerprint density at radius 2 is 2.05 bits per heavy atom. The number of hydrogen-bond donors (Lipinski definition) is 1. The molecule has 2 aromatic rings. The van der Waals surface area contributed by atoms with Gasteiger partial charge in [-0.15, -0.1) is 0 Å². The smallest absolute Gasteiger partial charge is 0.269 e. The quantitative estimate of drug-likeness (QED) is 0.648. The fraction of sp³-hybridized carbons (Fsp3) is 0.154. The van der Waals surface area contributed by atoms with Crippen molar-refractivity contribution in [2.45, 2.75) is 6.42 Å². The lowest BCUT2D eigenvalue weighted by Crippen LogP contribution is -2.06. The number of anilines is 1.